The summed E-state index contributed by atoms with van der Waals surface area (Å²) in [4.78, 5) is 7.57. The number of benzene rings is 1. The molecule has 0 radical (unpaired) electrons. The van der Waals surface area contributed by atoms with E-state index in [9.17, 15) is 13.2 Å². The number of hydrogen-bond donors (Lipinski definition) is 1. The molecule has 0 bridgehead atoms. The first kappa shape index (κ1) is 12.6. The maximum Gasteiger partial charge on any atom is 0.416 e. The first-order chi connectivity index (χ1) is 8.39. The van der Waals surface area contributed by atoms with Crippen molar-refractivity contribution in [2.45, 2.75) is 6.18 Å². The standard InChI is InChI=1S/C11H7ClF3N3/c12-8-9(17-5-18-10(8)16)6-1-3-7(4-2-6)11(13,14)15/h1-5H,(H2,16,17,18). The second-order valence-electron chi connectivity index (χ2n) is 3.50. The summed E-state index contributed by atoms with van der Waals surface area (Å²) in [6.45, 7) is 0. The van der Waals surface area contributed by atoms with Crippen molar-refractivity contribution in [3.8, 4) is 11.3 Å². The van der Waals surface area contributed by atoms with Crippen molar-refractivity contribution in [3.63, 3.8) is 0 Å². The largest absolute Gasteiger partial charge is 0.416 e. The minimum Gasteiger partial charge on any atom is -0.382 e. The van der Waals surface area contributed by atoms with Crippen molar-refractivity contribution in [1.82, 2.24) is 9.97 Å². The molecule has 18 heavy (non-hydrogen) atoms. The van der Waals surface area contributed by atoms with Gasteiger partial charge in [-0.1, -0.05) is 23.7 Å². The maximum absolute atomic E-state index is 12.4. The van der Waals surface area contributed by atoms with Crippen LogP contribution >= 0.6 is 11.6 Å². The highest BCUT2D eigenvalue weighted by molar-refractivity contribution is 6.35. The molecule has 0 spiro atoms. The third kappa shape index (κ3) is 2.38. The molecule has 94 valence electrons. The van der Waals surface area contributed by atoms with Gasteiger partial charge in [0.2, 0.25) is 0 Å². The van der Waals surface area contributed by atoms with Gasteiger partial charge in [-0.25, -0.2) is 9.97 Å². The van der Waals surface area contributed by atoms with E-state index in [1.165, 1.54) is 18.5 Å². The van der Waals surface area contributed by atoms with Crippen LogP contribution in [0.2, 0.25) is 5.02 Å². The zero-order valence-electron chi connectivity index (χ0n) is 8.87. The number of nitrogens with zero attached hydrogens (tertiary/aromatic N) is 2. The van der Waals surface area contributed by atoms with E-state index in [-0.39, 0.29) is 10.8 Å². The molecule has 7 heteroatoms. The van der Waals surface area contributed by atoms with Gasteiger partial charge in [0.15, 0.2) is 0 Å². The average Bonchev–Trinajstić information content (AvgIpc) is 2.32. The number of anilines is 1. The van der Waals surface area contributed by atoms with Gasteiger partial charge in [-0.2, -0.15) is 13.2 Å². The van der Waals surface area contributed by atoms with Gasteiger partial charge in [-0.15, -0.1) is 0 Å². The van der Waals surface area contributed by atoms with Crippen LogP contribution in [0.1, 0.15) is 5.56 Å². The molecule has 0 aliphatic heterocycles. The Hall–Kier alpha value is -1.82. The van der Waals surface area contributed by atoms with Crippen LogP contribution in [0, 0.1) is 0 Å². The fourth-order valence-electron chi connectivity index (χ4n) is 1.40. The first-order valence-corrected chi connectivity index (χ1v) is 5.21. The van der Waals surface area contributed by atoms with E-state index in [1.54, 1.807) is 0 Å². The number of nitrogen functional groups attached to an aromatic ring is 1. The minimum absolute atomic E-state index is 0.0848. The molecule has 0 saturated carbocycles. The molecule has 0 aliphatic carbocycles. The van der Waals surface area contributed by atoms with Crippen molar-refractivity contribution in [1.29, 1.82) is 0 Å². The highest BCUT2D eigenvalue weighted by atomic mass is 35.5. The van der Waals surface area contributed by atoms with Gasteiger partial charge in [-0.05, 0) is 12.1 Å². The van der Waals surface area contributed by atoms with Crippen LogP contribution in [0.4, 0.5) is 19.0 Å². The van der Waals surface area contributed by atoms with Gasteiger partial charge < -0.3 is 5.73 Å². The number of halogens is 4. The molecule has 1 aromatic carbocycles. The Bertz CT molecular complexity index is 567. The van der Waals surface area contributed by atoms with Crippen molar-refractivity contribution in [3.05, 3.63) is 41.2 Å². The molecule has 0 saturated heterocycles. The van der Waals surface area contributed by atoms with E-state index in [1.807, 2.05) is 0 Å². The lowest BCUT2D eigenvalue weighted by Crippen LogP contribution is -2.04. The molecule has 1 aromatic heterocycles. The lowest BCUT2D eigenvalue weighted by atomic mass is 10.1. The van der Waals surface area contributed by atoms with E-state index < -0.39 is 11.7 Å². The Kier molecular flexibility index (Phi) is 3.13. The van der Waals surface area contributed by atoms with E-state index in [0.29, 0.717) is 11.3 Å². The fourth-order valence-corrected chi connectivity index (χ4v) is 1.61. The van der Waals surface area contributed by atoms with Crippen LogP contribution in [0.25, 0.3) is 11.3 Å². The number of rotatable bonds is 1. The molecule has 0 amide bonds. The Morgan fingerprint density at radius 1 is 1.06 bits per heavy atom. The Morgan fingerprint density at radius 2 is 1.67 bits per heavy atom. The summed E-state index contributed by atoms with van der Waals surface area (Å²) in [5, 5.41) is 0.122. The average molecular weight is 274 g/mol. The normalized spacial score (nSPS) is 11.6. The second kappa shape index (κ2) is 4.45. The fraction of sp³-hybridized carbons (Fsp3) is 0.0909. The quantitative estimate of drug-likeness (QED) is 0.866. The zero-order chi connectivity index (χ0) is 13.3. The predicted octanol–water partition coefficient (Wildman–Crippen LogP) is 3.40. The molecule has 2 rings (SSSR count). The predicted molar refractivity (Wildman–Crippen MR) is 61.9 cm³/mol. The highest BCUT2D eigenvalue weighted by Crippen LogP contribution is 2.33. The Balaban J connectivity index is 2.44. The number of alkyl halides is 3. The molecule has 3 nitrogen and oxygen atoms in total. The van der Waals surface area contributed by atoms with Crippen LogP contribution in [0.3, 0.4) is 0 Å². The molecule has 0 atom stereocenters. The molecular formula is C11H7ClF3N3. The van der Waals surface area contributed by atoms with E-state index in [4.69, 9.17) is 17.3 Å². The summed E-state index contributed by atoms with van der Waals surface area (Å²) >= 11 is 5.89. The van der Waals surface area contributed by atoms with Gasteiger partial charge in [0.1, 0.15) is 17.2 Å². The van der Waals surface area contributed by atoms with E-state index in [0.717, 1.165) is 12.1 Å². The Morgan fingerprint density at radius 3 is 2.22 bits per heavy atom. The highest BCUT2D eigenvalue weighted by Gasteiger charge is 2.30. The summed E-state index contributed by atoms with van der Waals surface area (Å²) in [7, 11) is 0. The molecule has 0 aliphatic rings. The second-order valence-corrected chi connectivity index (χ2v) is 3.87. The summed E-state index contributed by atoms with van der Waals surface area (Å²) in [6.07, 6.45) is -3.17. The van der Waals surface area contributed by atoms with Gasteiger partial charge in [-0.3, -0.25) is 0 Å². The monoisotopic (exact) mass is 273 g/mol. The van der Waals surface area contributed by atoms with Crippen LogP contribution in [-0.2, 0) is 6.18 Å². The van der Waals surface area contributed by atoms with Crippen LogP contribution < -0.4 is 5.73 Å². The lowest BCUT2D eigenvalue weighted by Gasteiger charge is -2.08. The SMILES string of the molecule is Nc1ncnc(-c2ccc(C(F)(F)F)cc2)c1Cl. The molecular weight excluding hydrogens is 267 g/mol. The molecule has 0 unspecified atom stereocenters. The number of nitrogens with two attached hydrogens (primary N) is 1. The van der Waals surface area contributed by atoms with Gasteiger partial charge in [0, 0.05) is 5.56 Å². The molecule has 2 N–H and O–H groups in total. The molecule has 0 fully saturated rings. The summed E-state index contributed by atoms with van der Waals surface area (Å²) in [5.41, 5.74) is 5.51. The molecule has 2 aromatic rings. The lowest BCUT2D eigenvalue weighted by molar-refractivity contribution is -0.137. The Labute approximate surface area is 105 Å². The van der Waals surface area contributed by atoms with Crippen LogP contribution in [-0.4, -0.2) is 9.97 Å². The smallest absolute Gasteiger partial charge is 0.382 e. The summed E-state index contributed by atoms with van der Waals surface area (Å²) in [6, 6.07) is 4.50. The van der Waals surface area contributed by atoms with E-state index >= 15 is 0 Å². The van der Waals surface area contributed by atoms with Gasteiger partial charge >= 0.3 is 6.18 Å². The topological polar surface area (TPSA) is 51.8 Å². The van der Waals surface area contributed by atoms with E-state index in [2.05, 4.69) is 9.97 Å². The molecule has 1 heterocycles. The van der Waals surface area contributed by atoms with Crippen LogP contribution in [0.5, 0.6) is 0 Å². The zero-order valence-corrected chi connectivity index (χ0v) is 9.63. The third-order valence-corrected chi connectivity index (χ3v) is 2.67. The van der Waals surface area contributed by atoms with Crippen LogP contribution in [0.15, 0.2) is 30.6 Å². The third-order valence-electron chi connectivity index (χ3n) is 2.30. The van der Waals surface area contributed by atoms with Crippen molar-refractivity contribution >= 4 is 17.4 Å². The summed E-state index contributed by atoms with van der Waals surface area (Å²) in [5.74, 6) is 0.0848. The van der Waals surface area contributed by atoms with Gasteiger partial charge in [0.05, 0.1) is 11.3 Å². The van der Waals surface area contributed by atoms with Crippen molar-refractivity contribution in [2.75, 3.05) is 5.73 Å². The van der Waals surface area contributed by atoms with Gasteiger partial charge in [0.25, 0.3) is 0 Å². The first-order valence-electron chi connectivity index (χ1n) is 4.83. The summed E-state index contributed by atoms with van der Waals surface area (Å²) < 4.78 is 37.2. The van der Waals surface area contributed by atoms with Crippen molar-refractivity contribution in [2.24, 2.45) is 0 Å². The minimum atomic E-state index is -4.37. The van der Waals surface area contributed by atoms with Crippen molar-refractivity contribution < 1.29 is 13.2 Å². The number of hydrogen-bond acceptors (Lipinski definition) is 3. The maximum atomic E-state index is 12.4. The number of aromatic nitrogens is 2.